The summed E-state index contributed by atoms with van der Waals surface area (Å²) in [7, 11) is 0. The number of hydrazone groups is 1. The lowest BCUT2D eigenvalue weighted by atomic mass is 10.0. The first-order valence-electron chi connectivity index (χ1n) is 7.74. The van der Waals surface area contributed by atoms with E-state index in [1.807, 2.05) is 13.8 Å². The van der Waals surface area contributed by atoms with Gasteiger partial charge in [0, 0.05) is 23.4 Å². The van der Waals surface area contributed by atoms with Crippen molar-refractivity contribution in [1.82, 2.24) is 20.6 Å². The van der Waals surface area contributed by atoms with Crippen LogP contribution in [-0.2, 0) is 16.0 Å². The van der Waals surface area contributed by atoms with Gasteiger partial charge in [-0.3, -0.25) is 9.59 Å². The second-order valence-electron chi connectivity index (χ2n) is 5.75. The van der Waals surface area contributed by atoms with Crippen molar-refractivity contribution >= 4 is 23.7 Å². The molecule has 0 atom stereocenters. The summed E-state index contributed by atoms with van der Waals surface area (Å²) in [5.41, 5.74) is 7.61. The third-order valence-corrected chi connectivity index (χ3v) is 4.14. The van der Waals surface area contributed by atoms with E-state index in [9.17, 15) is 9.59 Å². The number of aliphatic carboxylic acids is 1. The minimum atomic E-state index is -0.838. The summed E-state index contributed by atoms with van der Waals surface area (Å²) in [6, 6.07) is 1.73. The van der Waals surface area contributed by atoms with Gasteiger partial charge in [0.2, 0.25) is 0 Å². The maximum absolute atomic E-state index is 12.2. The number of H-pyrrole nitrogens is 1. The van der Waals surface area contributed by atoms with Gasteiger partial charge < -0.3 is 10.1 Å². The maximum atomic E-state index is 12.2. The molecule has 3 N–H and O–H groups in total. The van der Waals surface area contributed by atoms with E-state index in [0.717, 1.165) is 22.5 Å². The summed E-state index contributed by atoms with van der Waals surface area (Å²) < 4.78 is 0. The van der Waals surface area contributed by atoms with Gasteiger partial charge in [0.1, 0.15) is 5.71 Å². The van der Waals surface area contributed by atoms with Gasteiger partial charge in [0.15, 0.2) is 0 Å². The Kier molecular flexibility index (Phi) is 4.42. The average molecular weight is 339 g/mol. The van der Waals surface area contributed by atoms with E-state index < -0.39 is 5.97 Å². The third kappa shape index (κ3) is 3.32. The molecule has 2 aromatic heterocycles. The summed E-state index contributed by atoms with van der Waals surface area (Å²) in [6.45, 7) is 3.80. The molecule has 0 radical (unpaired) electrons. The molecule has 1 aliphatic heterocycles. The zero-order valence-electron chi connectivity index (χ0n) is 13.8. The predicted octanol–water partition coefficient (Wildman–Crippen LogP) is 1.36. The molecular weight excluding hydrogens is 322 g/mol. The Balaban J connectivity index is 1.97. The zero-order chi connectivity index (χ0) is 18.0. The lowest BCUT2D eigenvalue weighted by Gasteiger charge is -2.02. The molecule has 1 amide bonds. The van der Waals surface area contributed by atoms with E-state index in [2.05, 4.69) is 25.7 Å². The number of hydrogen-bond donors (Lipinski definition) is 3. The third-order valence-electron chi connectivity index (χ3n) is 4.14. The monoisotopic (exact) mass is 339 g/mol. The lowest BCUT2D eigenvalue weighted by Crippen LogP contribution is -2.13. The minimum absolute atomic E-state index is 0.0609. The van der Waals surface area contributed by atoms with Crippen LogP contribution in [0, 0.1) is 13.8 Å². The van der Waals surface area contributed by atoms with Crippen molar-refractivity contribution in [2.45, 2.75) is 26.7 Å². The number of aryl methyl sites for hydroxylation is 1. The molecule has 0 saturated heterocycles. The number of hydrogen-bond acceptors (Lipinski definition) is 5. The number of nitrogens with zero attached hydrogens (tertiary/aromatic N) is 3. The van der Waals surface area contributed by atoms with Crippen molar-refractivity contribution in [3.05, 3.63) is 52.1 Å². The van der Waals surface area contributed by atoms with Crippen molar-refractivity contribution in [2.24, 2.45) is 5.10 Å². The second-order valence-corrected chi connectivity index (χ2v) is 5.75. The molecule has 0 fully saturated rings. The van der Waals surface area contributed by atoms with E-state index in [1.54, 1.807) is 12.1 Å². The van der Waals surface area contributed by atoms with Gasteiger partial charge in [-0.15, -0.1) is 0 Å². The Labute approximate surface area is 143 Å². The van der Waals surface area contributed by atoms with E-state index in [-0.39, 0.29) is 12.3 Å². The van der Waals surface area contributed by atoms with Crippen LogP contribution < -0.4 is 5.43 Å². The van der Waals surface area contributed by atoms with Gasteiger partial charge in [-0.25, -0.2) is 5.43 Å². The van der Waals surface area contributed by atoms with Crippen LogP contribution in [0.4, 0.5) is 0 Å². The Bertz CT molecular complexity index is 897. The summed E-state index contributed by atoms with van der Waals surface area (Å²) in [5, 5.41) is 20.5. The quantitative estimate of drug-likeness (QED) is 0.710. The van der Waals surface area contributed by atoms with Crippen molar-refractivity contribution in [3.63, 3.8) is 0 Å². The number of carboxylic acids is 1. The van der Waals surface area contributed by atoms with Crippen LogP contribution in [0.1, 0.15) is 34.5 Å². The SMILES string of the molecule is Cc1[nH]c(C=C2C(=O)NN=C2c2ccnnc2)c(C)c1CCC(=O)O. The lowest BCUT2D eigenvalue weighted by molar-refractivity contribution is -0.137. The fraction of sp³-hybridized carbons (Fsp3) is 0.235. The number of amides is 1. The van der Waals surface area contributed by atoms with Crippen LogP contribution in [0.2, 0.25) is 0 Å². The fourth-order valence-corrected chi connectivity index (χ4v) is 2.83. The summed E-state index contributed by atoms with van der Waals surface area (Å²) in [6.07, 6.45) is 5.30. The molecule has 1 aliphatic rings. The Morgan fingerprint density at radius 1 is 1.32 bits per heavy atom. The van der Waals surface area contributed by atoms with Crippen LogP contribution in [-0.4, -0.2) is 37.9 Å². The minimum Gasteiger partial charge on any atom is -0.481 e. The molecule has 2 aromatic rings. The number of aromatic nitrogens is 3. The number of aromatic amines is 1. The average Bonchev–Trinajstić information content (AvgIpc) is 3.07. The molecule has 0 aliphatic carbocycles. The Morgan fingerprint density at radius 3 is 2.80 bits per heavy atom. The number of nitrogens with one attached hydrogen (secondary N) is 2. The first-order valence-corrected chi connectivity index (χ1v) is 7.74. The number of carboxylic acid groups (broad SMARTS) is 1. The highest BCUT2D eigenvalue weighted by Gasteiger charge is 2.25. The smallest absolute Gasteiger partial charge is 0.303 e. The molecule has 0 unspecified atom stereocenters. The van der Waals surface area contributed by atoms with Gasteiger partial charge in [-0.05, 0) is 43.5 Å². The molecule has 25 heavy (non-hydrogen) atoms. The summed E-state index contributed by atoms with van der Waals surface area (Å²) >= 11 is 0. The van der Waals surface area contributed by atoms with Crippen LogP contribution >= 0.6 is 0 Å². The molecule has 8 nitrogen and oxygen atoms in total. The highest BCUT2D eigenvalue weighted by Crippen LogP contribution is 2.24. The highest BCUT2D eigenvalue weighted by atomic mass is 16.4. The predicted molar refractivity (Wildman–Crippen MR) is 90.9 cm³/mol. The molecule has 8 heteroatoms. The van der Waals surface area contributed by atoms with Crippen molar-refractivity contribution in [1.29, 1.82) is 0 Å². The van der Waals surface area contributed by atoms with E-state index in [1.165, 1.54) is 12.4 Å². The molecule has 128 valence electrons. The van der Waals surface area contributed by atoms with Gasteiger partial charge in [0.25, 0.3) is 5.91 Å². The normalized spacial score (nSPS) is 15.4. The van der Waals surface area contributed by atoms with Gasteiger partial charge >= 0.3 is 5.97 Å². The van der Waals surface area contributed by atoms with Gasteiger partial charge in [0.05, 0.1) is 18.0 Å². The van der Waals surface area contributed by atoms with E-state index in [4.69, 9.17) is 5.11 Å². The van der Waals surface area contributed by atoms with Gasteiger partial charge in [-0.2, -0.15) is 15.3 Å². The summed E-state index contributed by atoms with van der Waals surface area (Å²) in [5.74, 6) is -1.14. The molecular formula is C17H17N5O3. The van der Waals surface area contributed by atoms with E-state index in [0.29, 0.717) is 23.3 Å². The molecule has 0 saturated carbocycles. The molecule has 3 rings (SSSR count). The maximum Gasteiger partial charge on any atom is 0.303 e. The van der Waals surface area contributed by atoms with Crippen molar-refractivity contribution in [2.75, 3.05) is 0 Å². The van der Waals surface area contributed by atoms with Gasteiger partial charge in [-0.1, -0.05) is 0 Å². The first kappa shape index (κ1) is 16.6. The topological polar surface area (TPSA) is 120 Å². The fourth-order valence-electron chi connectivity index (χ4n) is 2.83. The Hall–Kier alpha value is -3.29. The molecule has 0 spiro atoms. The number of rotatable bonds is 5. The van der Waals surface area contributed by atoms with Crippen LogP contribution in [0.15, 0.2) is 29.1 Å². The molecule has 0 aromatic carbocycles. The van der Waals surface area contributed by atoms with Crippen LogP contribution in [0.3, 0.4) is 0 Å². The number of carbonyl (C=O) groups is 2. The first-order chi connectivity index (χ1) is 12.0. The van der Waals surface area contributed by atoms with Crippen LogP contribution in [0.25, 0.3) is 6.08 Å². The van der Waals surface area contributed by atoms with Crippen molar-refractivity contribution in [3.8, 4) is 0 Å². The van der Waals surface area contributed by atoms with Crippen molar-refractivity contribution < 1.29 is 14.7 Å². The standard InChI is InChI=1S/C17H17N5O3/c1-9-12(3-4-15(23)24)10(2)20-14(9)7-13-16(21-22-17(13)25)11-5-6-18-19-8-11/h5-8,20H,3-4H2,1-2H3,(H,22,25)(H,23,24). The summed E-state index contributed by atoms with van der Waals surface area (Å²) in [4.78, 5) is 26.2. The second kappa shape index (κ2) is 6.68. The Morgan fingerprint density at radius 2 is 2.12 bits per heavy atom. The molecule has 3 heterocycles. The van der Waals surface area contributed by atoms with Crippen LogP contribution in [0.5, 0.6) is 0 Å². The van der Waals surface area contributed by atoms with E-state index >= 15 is 0 Å². The number of carbonyl (C=O) groups excluding carboxylic acids is 1. The zero-order valence-corrected chi connectivity index (χ0v) is 13.8. The highest BCUT2D eigenvalue weighted by molar-refractivity contribution is 6.33. The largest absolute Gasteiger partial charge is 0.481 e. The molecule has 0 bridgehead atoms.